The van der Waals surface area contributed by atoms with Crippen LogP contribution in [0.25, 0.3) is 11.5 Å². The van der Waals surface area contributed by atoms with Gasteiger partial charge in [-0.15, -0.1) is 0 Å². The predicted octanol–water partition coefficient (Wildman–Crippen LogP) is 4.32. The number of benzene rings is 2. The Kier molecular flexibility index (Phi) is 5.33. The number of aromatic nitrogens is 1. The zero-order chi connectivity index (χ0) is 19.7. The van der Waals surface area contributed by atoms with Crippen LogP contribution in [0.4, 0.5) is 5.88 Å². The first-order valence-electron chi connectivity index (χ1n) is 8.56. The van der Waals surface area contributed by atoms with Gasteiger partial charge in [-0.1, -0.05) is 41.4 Å². The van der Waals surface area contributed by atoms with Gasteiger partial charge in [0.25, 0.3) is 0 Å². The van der Waals surface area contributed by atoms with Crippen molar-refractivity contribution in [3.8, 4) is 11.5 Å². The lowest BCUT2D eigenvalue weighted by atomic mass is 10.2. The molecule has 0 spiro atoms. The minimum absolute atomic E-state index is 0.123. The molecule has 0 bridgehead atoms. The molecule has 2 aromatic carbocycles. The van der Waals surface area contributed by atoms with E-state index < -0.39 is 9.84 Å². The van der Waals surface area contributed by atoms with Crippen molar-refractivity contribution in [2.45, 2.75) is 9.92 Å². The second-order valence-electron chi connectivity index (χ2n) is 6.17. The average Bonchev–Trinajstić information content (AvgIpc) is 3.15. The van der Waals surface area contributed by atoms with Gasteiger partial charge in [0.05, 0.1) is 28.7 Å². The molecule has 3 aromatic rings. The van der Waals surface area contributed by atoms with Gasteiger partial charge in [0.1, 0.15) is 0 Å². The van der Waals surface area contributed by atoms with E-state index in [4.69, 9.17) is 32.4 Å². The highest BCUT2D eigenvalue weighted by atomic mass is 35.5. The summed E-state index contributed by atoms with van der Waals surface area (Å²) < 4.78 is 37.8. The van der Waals surface area contributed by atoms with Crippen molar-refractivity contribution >= 4 is 38.9 Å². The number of ether oxygens (including phenoxy) is 1. The van der Waals surface area contributed by atoms with Crippen molar-refractivity contribution < 1.29 is 17.6 Å². The number of oxazole rings is 1. The van der Waals surface area contributed by atoms with E-state index in [1.165, 1.54) is 12.1 Å². The van der Waals surface area contributed by atoms with Gasteiger partial charge >= 0.3 is 0 Å². The summed E-state index contributed by atoms with van der Waals surface area (Å²) in [4.78, 5) is 6.29. The second-order valence-corrected chi connectivity index (χ2v) is 8.88. The minimum Gasteiger partial charge on any atom is -0.419 e. The minimum atomic E-state index is -3.88. The first-order valence-corrected chi connectivity index (χ1v) is 10.8. The number of sulfone groups is 1. The molecular formula is C19H16Cl2N2O4S. The lowest BCUT2D eigenvalue weighted by molar-refractivity contribution is 0.120. The Balaban J connectivity index is 1.87. The highest BCUT2D eigenvalue weighted by Crippen LogP contribution is 2.37. The van der Waals surface area contributed by atoms with Gasteiger partial charge in [-0.25, -0.2) is 8.42 Å². The molecule has 28 heavy (non-hydrogen) atoms. The third-order valence-electron chi connectivity index (χ3n) is 4.35. The largest absolute Gasteiger partial charge is 0.419 e. The molecule has 0 aliphatic carbocycles. The van der Waals surface area contributed by atoms with E-state index in [1.807, 2.05) is 4.90 Å². The van der Waals surface area contributed by atoms with Crippen molar-refractivity contribution in [2.24, 2.45) is 0 Å². The maximum absolute atomic E-state index is 13.2. The molecule has 1 aliphatic rings. The van der Waals surface area contributed by atoms with Crippen LogP contribution in [-0.2, 0) is 14.6 Å². The smallest absolute Gasteiger partial charge is 0.236 e. The first-order chi connectivity index (χ1) is 13.5. The van der Waals surface area contributed by atoms with E-state index in [-0.39, 0.29) is 21.7 Å². The Morgan fingerprint density at radius 2 is 1.71 bits per heavy atom. The van der Waals surface area contributed by atoms with Crippen molar-refractivity contribution in [3.05, 3.63) is 58.6 Å². The first kappa shape index (κ1) is 19.3. The van der Waals surface area contributed by atoms with Gasteiger partial charge in [-0.2, -0.15) is 4.98 Å². The third-order valence-corrected chi connectivity index (χ3v) is 6.56. The summed E-state index contributed by atoms with van der Waals surface area (Å²) in [5.74, 6) is 0.311. The third kappa shape index (κ3) is 3.63. The maximum Gasteiger partial charge on any atom is 0.236 e. The number of anilines is 1. The number of rotatable bonds is 4. The molecule has 1 saturated heterocycles. The monoisotopic (exact) mass is 438 g/mol. The number of halogens is 2. The van der Waals surface area contributed by atoms with Crippen LogP contribution < -0.4 is 4.90 Å². The van der Waals surface area contributed by atoms with Crippen LogP contribution in [0.1, 0.15) is 0 Å². The van der Waals surface area contributed by atoms with Crippen molar-refractivity contribution in [1.29, 1.82) is 0 Å². The van der Waals surface area contributed by atoms with Crippen molar-refractivity contribution in [1.82, 2.24) is 4.98 Å². The van der Waals surface area contributed by atoms with Gasteiger partial charge in [-0.05, 0) is 30.3 Å². The fraction of sp³-hybridized carbons (Fsp3) is 0.211. The molecule has 1 fully saturated rings. The Hall–Kier alpha value is -2.06. The fourth-order valence-electron chi connectivity index (χ4n) is 2.93. The SMILES string of the molecule is O=S(=O)(c1ccccc1)c1nc(-c2ccc(Cl)cc2Cl)oc1N1CCOCC1. The summed E-state index contributed by atoms with van der Waals surface area (Å²) in [6, 6.07) is 13.0. The van der Waals surface area contributed by atoms with Gasteiger partial charge in [0.2, 0.25) is 26.6 Å². The molecule has 6 nitrogen and oxygen atoms in total. The van der Waals surface area contributed by atoms with Gasteiger partial charge in [-0.3, -0.25) is 0 Å². The highest BCUT2D eigenvalue weighted by molar-refractivity contribution is 7.91. The molecule has 0 unspecified atom stereocenters. The topological polar surface area (TPSA) is 72.6 Å². The summed E-state index contributed by atoms with van der Waals surface area (Å²) in [7, 11) is -3.88. The van der Waals surface area contributed by atoms with Crippen molar-refractivity contribution in [3.63, 3.8) is 0 Å². The van der Waals surface area contributed by atoms with E-state index in [9.17, 15) is 8.42 Å². The number of hydrogen-bond acceptors (Lipinski definition) is 6. The number of hydrogen-bond donors (Lipinski definition) is 0. The molecule has 0 radical (unpaired) electrons. The summed E-state index contributed by atoms with van der Waals surface area (Å²) >= 11 is 12.2. The molecule has 4 rings (SSSR count). The van der Waals surface area contributed by atoms with Crippen molar-refractivity contribution in [2.75, 3.05) is 31.2 Å². The average molecular weight is 439 g/mol. The Morgan fingerprint density at radius 3 is 2.39 bits per heavy atom. The van der Waals surface area contributed by atoms with Gasteiger partial charge < -0.3 is 14.1 Å². The second kappa shape index (κ2) is 7.75. The van der Waals surface area contributed by atoms with Crippen LogP contribution in [0.2, 0.25) is 10.0 Å². The summed E-state index contributed by atoms with van der Waals surface area (Å²) in [6.45, 7) is 1.95. The molecule has 0 N–H and O–H groups in total. The van der Waals surface area contributed by atoms with Crippen LogP contribution in [-0.4, -0.2) is 39.7 Å². The summed E-state index contributed by atoms with van der Waals surface area (Å²) in [6.07, 6.45) is 0. The Labute approximate surface area is 172 Å². The van der Waals surface area contributed by atoms with Gasteiger partial charge in [0.15, 0.2) is 0 Å². The predicted molar refractivity (Wildman–Crippen MR) is 107 cm³/mol. The van der Waals surface area contributed by atoms with Crippen LogP contribution in [0.15, 0.2) is 62.9 Å². The molecule has 2 heterocycles. The van der Waals surface area contributed by atoms with E-state index in [1.54, 1.807) is 36.4 Å². The normalized spacial score (nSPS) is 15.0. The number of nitrogens with zero attached hydrogens (tertiary/aromatic N) is 2. The number of morpholine rings is 1. The molecule has 0 saturated carbocycles. The van der Waals surface area contributed by atoms with E-state index in [2.05, 4.69) is 4.98 Å². The zero-order valence-corrected chi connectivity index (χ0v) is 17.0. The lowest BCUT2D eigenvalue weighted by Crippen LogP contribution is -2.36. The Morgan fingerprint density at radius 1 is 1.00 bits per heavy atom. The fourth-order valence-corrected chi connectivity index (χ4v) is 4.76. The molecule has 9 heteroatoms. The Bertz CT molecular complexity index is 1090. The van der Waals surface area contributed by atoms with E-state index in [0.29, 0.717) is 41.9 Å². The lowest BCUT2D eigenvalue weighted by Gasteiger charge is -2.26. The standard InChI is InChI=1S/C19H16Cl2N2O4S/c20-13-6-7-15(16(21)12-13)17-22-18(19(27-17)23-8-10-26-11-9-23)28(24,25)14-4-2-1-3-5-14/h1-7,12H,8-11H2. The van der Waals surface area contributed by atoms with Crippen LogP contribution in [0, 0.1) is 0 Å². The van der Waals surface area contributed by atoms with E-state index >= 15 is 0 Å². The maximum atomic E-state index is 13.2. The highest BCUT2D eigenvalue weighted by Gasteiger charge is 2.32. The van der Waals surface area contributed by atoms with E-state index in [0.717, 1.165) is 0 Å². The molecular weight excluding hydrogens is 423 g/mol. The quantitative estimate of drug-likeness (QED) is 0.603. The van der Waals surface area contributed by atoms with Crippen LogP contribution in [0.5, 0.6) is 0 Å². The molecule has 0 amide bonds. The molecule has 0 atom stereocenters. The van der Waals surface area contributed by atoms with Gasteiger partial charge in [0, 0.05) is 18.1 Å². The molecule has 1 aromatic heterocycles. The summed E-state index contributed by atoms with van der Waals surface area (Å²) in [5, 5.41) is 0.651. The van der Waals surface area contributed by atoms with Crippen LogP contribution >= 0.6 is 23.2 Å². The summed E-state index contributed by atoms with van der Waals surface area (Å²) in [5.41, 5.74) is 0.468. The van der Waals surface area contributed by atoms with Crippen LogP contribution in [0.3, 0.4) is 0 Å². The molecule has 146 valence electrons. The zero-order valence-electron chi connectivity index (χ0n) is 14.6. The molecule has 1 aliphatic heterocycles.